The highest BCUT2D eigenvalue weighted by atomic mass is 32.2. The van der Waals surface area contributed by atoms with Crippen molar-refractivity contribution in [3.63, 3.8) is 0 Å². The topological polar surface area (TPSA) is 66.5 Å². The molecule has 0 aromatic heterocycles. The summed E-state index contributed by atoms with van der Waals surface area (Å²) in [5.41, 5.74) is 1.67. The van der Waals surface area contributed by atoms with Gasteiger partial charge in [-0.3, -0.25) is 9.10 Å². The zero-order valence-electron chi connectivity index (χ0n) is 16.2. The summed E-state index contributed by atoms with van der Waals surface area (Å²) in [4.78, 5) is 13.6. The second-order valence-electron chi connectivity index (χ2n) is 6.21. The van der Waals surface area contributed by atoms with E-state index in [1.807, 2.05) is 24.5 Å². The molecule has 3 rings (SSSR count). The summed E-state index contributed by atoms with van der Waals surface area (Å²) in [7, 11) is -3.69. The Balaban J connectivity index is 1.81. The predicted molar refractivity (Wildman–Crippen MR) is 119 cm³/mol. The Bertz CT molecular complexity index is 1070. The number of sulfonamides is 1. The van der Waals surface area contributed by atoms with Crippen molar-refractivity contribution in [2.24, 2.45) is 0 Å². The molecule has 0 aliphatic carbocycles. The molecule has 0 aliphatic heterocycles. The highest BCUT2D eigenvalue weighted by Crippen LogP contribution is 2.25. The highest BCUT2D eigenvalue weighted by molar-refractivity contribution is 7.98. The van der Waals surface area contributed by atoms with Gasteiger partial charge in [-0.1, -0.05) is 18.2 Å². The molecule has 150 valence electrons. The minimum absolute atomic E-state index is 0.239. The molecule has 0 heterocycles. The van der Waals surface area contributed by atoms with E-state index >= 15 is 0 Å². The molecule has 1 N–H and O–H groups in total. The predicted octanol–water partition coefficient (Wildman–Crippen LogP) is 4.88. The normalized spacial score (nSPS) is 11.1. The van der Waals surface area contributed by atoms with E-state index in [-0.39, 0.29) is 17.3 Å². The summed E-state index contributed by atoms with van der Waals surface area (Å²) >= 11 is 1.56. The number of amides is 1. The van der Waals surface area contributed by atoms with Crippen molar-refractivity contribution < 1.29 is 13.2 Å². The molecule has 3 aromatic rings. The minimum Gasteiger partial charge on any atom is -0.322 e. The zero-order valence-corrected chi connectivity index (χ0v) is 17.8. The average molecular weight is 427 g/mol. The molecule has 3 aromatic carbocycles. The standard InChI is InChI=1S/C22H22N2O3S2/c1-3-24(29(26,27)21-15-13-20(28-2)14-16-21)19-11-9-17(10-12-19)22(25)23-18-7-5-4-6-8-18/h4-16H,3H2,1-2H3,(H,23,25). The van der Waals surface area contributed by atoms with Crippen LogP contribution in [0.3, 0.4) is 0 Å². The van der Waals surface area contributed by atoms with Gasteiger partial charge in [-0.25, -0.2) is 8.42 Å². The summed E-state index contributed by atoms with van der Waals surface area (Å²) < 4.78 is 27.5. The quantitative estimate of drug-likeness (QED) is 0.547. The summed E-state index contributed by atoms with van der Waals surface area (Å²) in [5.74, 6) is -0.249. The third-order valence-corrected chi connectivity index (χ3v) is 7.04. The Morgan fingerprint density at radius 2 is 1.55 bits per heavy atom. The van der Waals surface area contributed by atoms with Gasteiger partial charge in [0.25, 0.3) is 15.9 Å². The van der Waals surface area contributed by atoms with Crippen molar-refractivity contribution in [3.05, 3.63) is 84.4 Å². The van der Waals surface area contributed by atoms with Crippen LogP contribution < -0.4 is 9.62 Å². The van der Waals surface area contributed by atoms with E-state index in [9.17, 15) is 13.2 Å². The average Bonchev–Trinajstić information content (AvgIpc) is 2.75. The van der Waals surface area contributed by atoms with E-state index in [4.69, 9.17) is 0 Å². The van der Waals surface area contributed by atoms with Crippen LogP contribution >= 0.6 is 11.8 Å². The molecule has 0 atom stereocenters. The molecule has 0 saturated carbocycles. The first kappa shape index (κ1) is 21.0. The monoisotopic (exact) mass is 426 g/mol. The van der Waals surface area contributed by atoms with Gasteiger partial charge < -0.3 is 5.32 Å². The number of carbonyl (C=O) groups is 1. The summed E-state index contributed by atoms with van der Waals surface area (Å²) in [5, 5.41) is 2.81. The van der Waals surface area contributed by atoms with E-state index in [1.54, 1.807) is 79.3 Å². The van der Waals surface area contributed by atoms with E-state index in [2.05, 4.69) is 5.32 Å². The maximum atomic E-state index is 13.1. The molecule has 7 heteroatoms. The van der Waals surface area contributed by atoms with Gasteiger partial charge in [0.1, 0.15) is 0 Å². The largest absolute Gasteiger partial charge is 0.322 e. The molecule has 0 unspecified atom stereocenters. The molecule has 0 radical (unpaired) electrons. The van der Waals surface area contributed by atoms with Gasteiger partial charge in [0.05, 0.1) is 10.6 Å². The number of carbonyl (C=O) groups excluding carboxylic acids is 1. The van der Waals surface area contributed by atoms with Crippen molar-refractivity contribution in [2.75, 3.05) is 22.4 Å². The Labute approximate surface area is 175 Å². The van der Waals surface area contributed by atoms with Gasteiger partial charge in [0.15, 0.2) is 0 Å². The lowest BCUT2D eigenvalue weighted by Crippen LogP contribution is -2.30. The highest BCUT2D eigenvalue weighted by Gasteiger charge is 2.23. The minimum atomic E-state index is -3.69. The molecular weight excluding hydrogens is 404 g/mol. The lowest BCUT2D eigenvalue weighted by atomic mass is 10.2. The fourth-order valence-electron chi connectivity index (χ4n) is 2.87. The number of para-hydroxylation sites is 1. The Kier molecular flexibility index (Phi) is 6.61. The molecule has 0 bridgehead atoms. The number of thioether (sulfide) groups is 1. The zero-order chi connectivity index (χ0) is 20.9. The van der Waals surface area contributed by atoms with Crippen LogP contribution in [0, 0.1) is 0 Å². The summed E-state index contributed by atoms with van der Waals surface area (Å²) in [6.07, 6.45) is 1.94. The van der Waals surface area contributed by atoms with Crippen molar-refractivity contribution in [1.29, 1.82) is 0 Å². The first-order valence-electron chi connectivity index (χ1n) is 9.09. The number of anilines is 2. The van der Waals surface area contributed by atoms with Gasteiger partial charge in [-0.05, 0) is 73.8 Å². The number of nitrogens with one attached hydrogen (secondary N) is 1. The number of hydrogen-bond acceptors (Lipinski definition) is 4. The van der Waals surface area contributed by atoms with Crippen LogP contribution in [-0.4, -0.2) is 27.1 Å². The summed E-state index contributed by atoms with van der Waals surface area (Å²) in [6.45, 7) is 2.06. The third-order valence-electron chi connectivity index (χ3n) is 4.38. The fraction of sp³-hybridized carbons (Fsp3) is 0.136. The number of nitrogens with zero attached hydrogens (tertiary/aromatic N) is 1. The van der Waals surface area contributed by atoms with Crippen LogP contribution in [0.2, 0.25) is 0 Å². The first-order chi connectivity index (χ1) is 14.0. The van der Waals surface area contributed by atoms with Crippen LogP contribution in [0.4, 0.5) is 11.4 Å². The maximum absolute atomic E-state index is 13.1. The lowest BCUT2D eigenvalue weighted by Gasteiger charge is -2.23. The summed E-state index contributed by atoms with van der Waals surface area (Å²) in [6, 6.07) is 22.5. The Morgan fingerprint density at radius 1 is 0.931 bits per heavy atom. The van der Waals surface area contributed by atoms with Crippen molar-refractivity contribution in [3.8, 4) is 0 Å². The van der Waals surface area contributed by atoms with Gasteiger partial charge in [0, 0.05) is 22.7 Å². The molecule has 1 amide bonds. The van der Waals surface area contributed by atoms with Crippen molar-refractivity contribution >= 4 is 39.1 Å². The smallest absolute Gasteiger partial charge is 0.264 e. The van der Waals surface area contributed by atoms with E-state index in [0.29, 0.717) is 16.9 Å². The third kappa shape index (κ3) is 4.81. The molecule has 29 heavy (non-hydrogen) atoms. The molecule has 0 aliphatic rings. The van der Waals surface area contributed by atoms with E-state index in [0.717, 1.165) is 4.90 Å². The molecular formula is C22H22N2O3S2. The van der Waals surface area contributed by atoms with Gasteiger partial charge >= 0.3 is 0 Å². The maximum Gasteiger partial charge on any atom is 0.264 e. The molecule has 0 saturated heterocycles. The van der Waals surface area contributed by atoms with E-state index in [1.165, 1.54) is 4.31 Å². The Morgan fingerprint density at radius 3 is 2.10 bits per heavy atom. The molecule has 5 nitrogen and oxygen atoms in total. The van der Waals surface area contributed by atoms with Crippen molar-refractivity contribution in [2.45, 2.75) is 16.7 Å². The molecule has 0 spiro atoms. The number of benzene rings is 3. The van der Waals surface area contributed by atoms with Crippen LogP contribution in [0.15, 0.2) is 88.7 Å². The van der Waals surface area contributed by atoms with Gasteiger partial charge in [0.2, 0.25) is 0 Å². The number of hydrogen-bond donors (Lipinski definition) is 1. The first-order valence-corrected chi connectivity index (χ1v) is 11.8. The molecule has 0 fully saturated rings. The van der Waals surface area contributed by atoms with Gasteiger partial charge in [-0.15, -0.1) is 11.8 Å². The lowest BCUT2D eigenvalue weighted by molar-refractivity contribution is 0.102. The fourth-order valence-corrected chi connectivity index (χ4v) is 4.75. The second-order valence-corrected chi connectivity index (χ2v) is 8.95. The van der Waals surface area contributed by atoms with Crippen LogP contribution in [0.25, 0.3) is 0 Å². The van der Waals surface area contributed by atoms with Crippen LogP contribution in [0.5, 0.6) is 0 Å². The van der Waals surface area contributed by atoms with E-state index < -0.39 is 10.0 Å². The van der Waals surface area contributed by atoms with Crippen molar-refractivity contribution in [1.82, 2.24) is 0 Å². The van der Waals surface area contributed by atoms with Crippen LogP contribution in [0.1, 0.15) is 17.3 Å². The van der Waals surface area contributed by atoms with Crippen LogP contribution in [-0.2, 0) is 10.0 Å². The SMILES string of the molecule is CCN(c1ccc(C(=O)Nc2ccccc2)cc1)S(=O)(=O)c1ccc(SC)cc1. The number of rotatable bonds is 7. The van der Waals surface area contributed by atoms with Gasteiger partial charge in [-0.2, -0.15) is 0 Å². The Hall–Kier alpha value is -2.77. The second kappa shape index (κ2) is 9.15.